The molecule has 0 spiro atoms. The summed E-state index contributed by atoms with van der Waals surface area (Å²) in [7, 11) is 1.82. The van der Waals surface area contributed by atoms with Gasteiger partial charge < -0.3 is 20.9 Å². The maximum absolute atomic E-state index is 13.8. The second-order valence-electron chi connectivity index (χ2n) is 10.9. The van der Waals surface area contributed by atoms with Crippen LogP contribution < -0.4 is 11.1 Å². The molecular formula is C29H36FN7O3. The van der Waals surface area contributed by atoms with Gasteiger partial charge in [0.05, 0.1) is 11.6 Å². The summed E-state index contributed by atoms with van der Waals surface area (Å²) in [5, 5.41) is 11.1. The molecule has 3 heterocycles. The van der Waals surface area contributed by atoms with Gasteiger partial charge in [0.15, 0.2) is 0 Å². The predicted octanol–water partition coefficient (Wildman–Crippen LogP) is 1.91. The van der Waals surface area contributed by atoms with Crippen molar-refractivity contribution >= 4 is 28.8 Å². The number of nitrogens with zero attached hydrogens (tertiary/aromatic N) is 5. The molecule has 3 amide bonds. The van der Waals surface area contributed by atoms with E-state index in [0.717, 1.165) is 48.1 Å². The Kier molecular flexibility index (Phi) is 8.39. The van der Waals surface area contributed by atoms with Crippen LogP contribution in [-0.4, -0.2) is 74.2 Å². The molecule has 2 aromatic carbocycles. The van der Waals surface area contributed by atoms with E-state index in [2.05, 4.69) is 15.6 Å². The van der Waals surface area contributed by atoms with Crippen molar-refractivity contribution in [2.24, 2.45) is 18.7 Å². The molecule has 11 heteroatoms. The first kappa shape index (κ1) is 27.7. The highest BCUT2D eigenvalue weighted by molar-refractivity contribution is 5.91. The number of nitrogens with two attached hydrogens (primary N) is 1. The lowest BCUT2D eigenvalue weighted by molar-refractivity contribution is -0.140. The highest BCUT2D eigenvalue weighted by atomic mass is 19.1. The number of rotatable bonds is 9. The number of fused-ring (bicyclic) bond motifs is 1. The molecule has 2 saturated heterocycles. The average Bonchev–Trinajstić information content (AvgIpc) is 3.71. The van der Waals surface area contributed by atoms with E-state index in [0.29, 0.717) is 19.4 Å². The standard InChI is InChI=1S/C29H36FN7O3/c1-35-25-9-7-20(15-24(25)33-34-35)17-32-28(39)26-16-21(13-19-5-4-6-22(30)14-19)18-37(26)29(40)23(31)8-10-27(38)36-11-2-3-12-36/h4-7,9,14-15,21,23,26H,2-3,8,10-13,16-18,31H2,1H3,(H,32,39)/t21-,23+,26-/m0/s1. The van der Waals surface area contributed by atoms with E-state index in [1.54, 1.807) is 15.6 Å². The third-order valence-corrected chi connectivity index (χ3v) is 7.97. The van der Waals surface area contributed by atoms with Crippen LogP contribution >= 0.6 is 0 Å². The van der Waals surface area contributed by atoms with Crippen molar-refractivity contribution in [2.45, 2.75) is 57.2 Å². The largest absolute Gasteiger partial charge is 0.350 e. The fourth-order valence-electron chi connectivity index (χ4n) is 5.80. The zero-order valence-electron chi connectivity index (χ0n) is 22.8. The van der Waals surface area contributed by atoms with E-state index in [9.17, 15) is 18.8 Å². The molecule has 3 atom stereocenters. The van der Waals surface area contributed by atoms with Gasteiger partial charge >= 0.3 is 0 Å². The molecular weight excluding hydrogens is 513 g/mol. The molecule has 0 saturated carbocycles. The van der Waals surface area contributed by atoms with Gasteiger partial charge in [0.1, 0.15) is 17.4 Å². The second kappa shape index (κ2) is 12.1. The average molecular weight is 550 g/mol. The lowest BCUT2D eigenvalue weighted by Gasteiger charge is -2.27. The van der Waals surface area contributed by atoms with E-state index in [1.807, 2.05) is 36.2 Å². The van der Waals surface area contributed by atoms with Crippen molar-refractivity contribution in [3.63, 3.8) is 0 Å². The van der Waals surface area contributed by atoms with Crippen LogP contribution in [0.4, 0.5) is 4.39 Å². The first-order valence-corrected chi connectivity index (χ1v) is 13.9. The number of hydrogen-bond acceptors (Lipinski definition) is 6. The van der Waals surface area contributed by atoms with Crippen molar-refractivity contribution in [1.29, 1.82) is 0 Å². The molecule has 3 aromatic rings. The van der Waals surface area contributed by atoms with Crippen LogP contribution in [-0.2, 0) is 34.4 Å². The second-order valence-corrected chi connectivity index (χ2v) is 10.9. The van der Waals surface area contributed by atoms with Crippen LogP contribution in [0.25, 0.3) is 11.0 Å². The molecule has 0 unspecified atom stereocenters. The van der Waals surface area contributed by atoms with E-state index in [1.165, 1.54) is 12.1 Å². The van der Waals surface area contributed by atoms with Gasteiger partial charge in [-0.1, -0.05) is 23.4 Å². The number of benzene rings is 2. The van der Waals surface area contributed by atoms with Crippen LogP contribution in [0.5, 0.6) is 0 Å². The lowest BCUT2D eigenvalue weighted by Crippen LogP contribution is -2.51. The topological polar surface area (TPSA) is 126 Å². The van der Waals surface area contributed by atoms with Crippen molar-refractivity contribution in [2.75, 3.05) is 19.6 Å². The molecule has 40 heavy (non-hydrogen) atoms. The number of halogens is 1. The molecule has 2 aliphatic rings. The summed E-state index contributed by atoms with van der Waals surface area (Å²) >= 11 is 0. The van der Waals surface area contributed by atoms with Gasteiger partial charge in [-0.2, -0.15) is 0 Å². The number of aromatic nitrogens is 3. The van der Waals surface area contributed by atoms with Gasteiger partial charge in [-0.15, -0.1) is 5.10 Å². The van der Waals surface area contributed by atoms with Crippen molar-refractivity contribution in [3.8, 4) is 0 Å². The molecule has 5 rings (SSSR count). The lowest BCUT2D eigenvalue weighted by atomic mass is 9.96. The van der Waals surface area contributed by atoms with Gasteiger partial charge in [-0.05, 0) is 73.4 Å². The van der Waals surface area contributed by atoms with Crippen molar-refractivity contribution < 1.29 is 18.8 Å². The van der Waals surface area contributed by atoms with Crippen LogP contribution in [0.3, 0.4) is 0 Å². The summed E-state index contributed by atoms with van der Waals surface area (Å²) in [5.74, 6) is -0.939. The monoisotopic (exact) mass is 549 g/mol. The fourth-order valence-corrected chi connectivity index (χ4v) is 5.80. The summed E-state index contributed by atoms with van der Waals surface area (Å²) in [6.45, 7) is 2.12. The quantitative estimate of drug-likeness (QED) is 0.420. The molecule has 3 N–H and O–H groups in total. The number of carbonyl (C=O) groups excluding carboxylic acids is 3. The number of nitrogens with one attached hydrogen (secondary N) is 1. The Morgan fingerprint density at radius 2 is 1.93 bits per heavy atom. The Labute approximate surface area is 232 Å². The summed E-state index contributed by atoms with van der Waals surface area (Å²) in [6, 6.07) is 10.5. The third kappa shape index (κ3) is 6.30. The van der Waals surface area contributed by atoms with Crippen molar-refractivity contribution in [3.05, 3.63) is 59.4 Å². The summed E-state index contributed by atoms with van der Waals surface area (Å²) < 4.78 is 15.5. The van der Waals surface area contributed by atoms with E-state index >= 15 is 0 Å². The van der Waals surface area contributed by atoms with E-state index < -0.39 is 12.1 Å². The maximum Gasteiger partial charge on any atom is 0.243 e. The Bertz CT molecular complexity index is 1390. The molecule has 212 valence electrons. The van der Waals surface area contributed by atoms with Crippen LogP contribution in [0.1, 0.15) is 43.2 Å². The normalized spacial score (nSPS) is 19.8. The zero-order chi connectivity index (χ0) is 28.2. The van der Waals surface area contributed by atoms with Crippen molar-refractivity contribution in [1.82, 2.24) is 30.1 Å². The van der Waals surface area contributed by atoms with Gasteiger partial charge in [0.25, 0.3) is 0 Å². The van der Waals surface area contributed by atoms with Gasteiger partial charge in [0, 0.05) is 39.6 Å². The molecule has 2 fully saturated rings. The maximum atomic E-state index is 13.8. The Morgan fingerprint density at radius 3 is 2.70 bits per heavy atom. The number of hydrogen-bond donors (Lipinski definition) is 2. The number of likely N-dealkylation sites (tertiary alicyclic amines) is 2. The molecule has 0 radical (unpaired) electrons. The zero-order valence-corrected chi connectivity index (χ0v) is 22.8. The first-order chi connectivity index (χ1) is 19.3. The smallest absolute Gasteiger partial charge is 0.243 e. The minimum absolute atomic E-state index is 0.0144. The van der Waals surface area contributed by atoms with Crippen LogP contribution in [0, 0.1) is 11.7 Å². The van der Waals surface area contributed by atoms with Gasteiger partial charge in [-0.25, -0.2) is 9.07 Å². The van der Waals surface area contributed by atoms with Gasteiger partial charge in [0.2, 0.25) is 17.7 Å². The number of carbonyl (C=O) groups is 3. The predicted molar refractivity (Wildman–Crippen MR) is 147 cm³/mol. The molecule has 0 bridgehead atoms. The van der Waals surface area contributed by atoms with Crippen LogP contribution in [0.2, 0.25) is 0 Å². The van der Waals surface area contributed by atoms with E-state index in [-0.39, 0.29) is 48.8 Å². The SMILES string of the molecule is Cn1nnc2cc(CNC(=O)[C@@H]3C[C@H](Cc4cccc(F)c4)CN3C(=O)[C@H](N)CCC(=O)N3CCCC3)ccc21. The van der Waals surface area contributed by atoms with E-state index in [4.69, 9.17) is 5.73 Å². The Morgan fingerprint density at radius 1 is 1.12 bits per heavy atom. The minimum atomic E-state index is -0.881. The Hall–Kier alpha value is -3.86. The summed E-state index contributed by atoms with van der Waals surface area (Å²) in [5.41, 5.74) is 9.59. The number of aryl methyl sites for hydroxylation is 1. The number of amides is 3. The van der Waals surface area contributed by atoms with Gasteiger partial charge in [-0.3, -0.25) is 14.4 Å². The summed E-state index contributed by atoms with van der Waals surface area (Å²) in [4.78, 5) is 42.8. The van der Waals surface area contributed by atoms with Crippen LogP contribution in [0.15, 0.2) is 42.5 Å². The molecule has 1 aromatic heterocycles. The highest BCUT2D eigenvalue weighted by Gasteiger charge is 2.41. The first-order valence-electron chi connectivity index (χ1n) is 13.9. The Balaban J connectivity index is 1.25. The molecule has 10 nitrogen and oxygen atoms in total. The molecule has 2 aliphatic heterocycles. The molecule has 0 aliphatic carbocycles. The highest BCUT2D eigenvalue weighted by Crippen LogP contribution is 2.28. The fraction of sp³-hybridized carbons (Fsp3) is 0.483. The summed E-state index contributed by atoms with van der Waals surface area (Å²) in [6.07, 6.45) is 3.41. The minimum Gasteiger partial charge on any atom is -0.350 e. The third-order valence-electron chi connectivity index (χ3n) is 7.97.